The number of alkyl halides is 2. The molecule has 0 spiro atoms. The van der Waals surface area contributed by atoms with Crippen molar-refractivity contribution in [1.82, 2.24) is 0 Å². The van der Waals surface area contributed by atoms with Crippen LogP contribution in [0.5, 0.6) is 0 Å². The summed E-state index contributed by atoms with van der Waals surface area (Å²) in [5.41, 5.74) is 0.681. The molecule has 4 saturated carbocycles. The first-order valence-corrected chi connectivity index (χ1v) is 8.69. The van der Waals surface area contributed by atoms with Crippen LogP contribution in [0.2, 0.25) is 0 Å². The molecule has 4 bridgehead atoms. The van der Waals surface area contributed by atoms with E-state index in [0.717, 1.165) is 19.3 Å². The lowest BCUT2D eigenvalue weighted by atomic mass is 9.48. The van der Waals surface area contributed by atoms with Crippen molar-refractivity contribution in [2.75, 3.05) is 13.2 Å². The van der Waals surface area contributed by atoms with Crippen LogP contribution in [-0.2, 0) is 23.8 Å². The van der Waals surface area contributed by atoms with Crippen molar-refractivity contribution in [3.8, 4) is 0 Å². The lowest BCUT2D eigenvalue weighted by Gasteiger charge is -2.56. The van der Waals surface area contributed by atoms with E-state index in [1.54, 1.807) is 0 Å². The number of carbonyl (C=O) groups is 2. The van der Waals surface area contributed by atoms with Crippen molar-refractivity contribution in [2.24, 2.45) is 23.2 Å². The minimum absolute atomic E-state index is 0.194. The molecule has 0 radical (unpaired) electrons. The highest BCUT2D eigenvalue weighted by Crippen LogP contribution is 2.62. The van der Waals surface area contributed by atoms with E-state index in [0.29, 0.717) is 37.5 Å². The van der Waals surface area contributed by atoms with Crippen LogP contribution in [0.1, 0.15) is 39.0 Å². The van der Waals surface area contributed by atoms with Gasteiger partial charge in [-0.1, -0.05) is 12.2 Å². The van der Waals surface area contributed by atoms with Crippen molar-refractivity contribution in [3.05, 3.63) is 12.2 Å². The number of hydrogen-bond acceptors (Lipinski definition) is 5. The highest BCUT2D eigenvalue weighted by molar-refractivity contribution is 5.78. The summed E-state index contributed by atoms with van der Waals surface area (Å²) in [6.45, 7) is 4.16. The Bertz CT molecular complexity index is 538. The molecule has 3 atom stereocenters. The van der Waals surface area contributed by atoms with Gasteiger partial charge in [-0.25, -0.2) is 0 Å². The SMILES string of the molecule is C=C1C2CC3CC1CC(C(=O)OC(COC=O)COC(C)(F)F)(C3)C2. The molecular formula is C18H24F2O5. The summed E-state index contributed by atoms with van der Waals surface area (Å²) in [5, 5.41) is 0. The van der Waals surface area contributed by atoms with Gasteiger partial charge in [-0.2, -0.15) is 8.78 Å². The van der Waals surface area contributed by atoms with E-state index < -0.39 is 24.2 Å². The molecule has 0 amide bonds. The van der Waals surface area contributed by atoms with Crippen LogP contribution in [0.4, 0.5) is 8.78 Å². The maximum Gasteiger partial charge on any atom is 0.353 e. The van der Waals surface area contributed by atoms with Gasteiger partial charge >= 0.3 is 12.1 Å². The molecule has 4 fully saturated rings. The predicted molar refractivity (Wildman–Crippen MR) is 83.6 cm³/mol. The first-order chi connectivity index (χ1) is 11.7. The van der Waals surface area contributed by atoms with E-state index in [4.69, 9.17) is 4.74 Å². The molecule has 4 aliphatic carbocycles. The van der Waals surface area contributed by atoms with Crippen LogP contribution in [0, 0.1) is 23.2 Å². The van der Waals surface area contributed by atoms with Crippen LogP contribution in [0.25, 0.3) is 0 Å². The number of allylic oxidation sites excluding steroid dienone is 1. The van der Waals surface area contributed by atoms with Gasteiger partial charge < -0.3 is 14.2 Å². The van der Waals surface area contributed by atoms with E-state index in [1.807, 2.05) is 0 Å². The third-order valence-corrected chi connectivity index (χ3v) is 5.82. The molecule has 25 heavy (non-hydrogen) atoms. The quantitative estimate of drug-likeness (QED) is 0.379. The summed E-state index contributed by atoms with van der Waals surface area (Å²) in [6, 6.07) is 0. The average molecular weight is 358 g/mol. The van der Waals surface area contributed by atoms with Crippen LogP contribution >= 0.6 is 0 Å². The van der Waals surface area contributed by atoms with E-state index >= 15 is 0 Å². The Morgan fingerprint density at radius 2 is 1.96 bits per heavy atom. The van der Waals surface area contributed by atoms with Crippen molar-refractivity contribution in [3.63, 3.8) is 0 Å². The van der Waals surface area contributed by atoms with Crippen LogP contribution in [0.3, 0.4) is 0 Å². The fourth-order valence-electron chi connectivity index (χ4n) is 4.91. The smallest absolute Gasteiger partial charge is 0.353 e. The van der Waals surface area contributed by atoms with Crippen LogP contribution in [0.15, 0.2) is 12.2 Å². The molecule has 0 aliphatic heterocycles. The van der Waals surface area contributed by atoms with Gasteiger partial charge in [0.15, 0.2) is 6.10 Å². The summed E-state index contributed by atoms with van der Waals surface area (Å²) >= 11 is 0. The lowest BCUT2D eigenvalue weighted by molar-refractivity contribution is -0.242. The molecule has 0 N–H and O–H groups in total. The monoisotopic (exact) mass is 358 g/mol. The second-order valence-corrected chi connectivity index (χ2v) is 7.77. The molecule has 3 unspecified atom stereocenters. The molecule has 4 rings (SSSR count). The number of ether oxygens (including phenoxy) is 3. The number of carbonyl (C=O) groups excluding carboxylic acids is 2. The predicted octanol–water partition coefficient (Wildman–Crippen LogP) is 3.08. The van der Waals surface area contributed by atoms with Gasteiger partial charge in [0.1, 0.15) is 6.61 Å². The zero-order valence-electron chi connectivity index (χ0n) is 14.3. The van der Waals surface area contributed by atoms with E-state index in [1.165, 1.54) is 5.57 Å². The molecule has 140 valence electrons. The average Bonchev–Trinajstić information content (AvgIpc) is 2.53. The second kappa shape index (κ2) is 6.67. The summed E-state index contributed by atoms with van der Waals surface area (Å²) in [7, 11) is 0. The third kappa shape index (κ3) is 3.86. The normalized spacial score (nSPS) is 34.7. The fraction of sp³-hybridized carbons (Fsp3) is 0.778. The minimum Gasteiger partial charge on any atom is -0.464 e. The lowest BCUT2D eigenvalue weighted by Crippen LogP contribution is -2.52. The standard InChI is InChI=1S/C18H24F2O5/c1-11-13-3-12-4-14(11)7-18(5-12,6-13)16(22)25-15(8-23-10-21)9-24-17(2,19)20/h10,12-15H,1,3-9H2,2H3. The van der Waals surface area contributed by atoms with Crippen LogP contribution < -0.4 is 0 Å². The Kier molecular flexibility index (Phi) is 4.88. The van der Waals surface area contributed by atoms with Crippen molar-refractivity contribution in [2.45, 2.75) is 51.2 Å². The molecule has 0 aromatic heterocycles. The number of esters is 1. The minimum atomic E-state index is -3.34. The Labute approximate surface area is 145 Å². The molecule has 4 aliphatic rings. The van der Waals surface area contributed by atoms with Crippen molar-refractivity contribution < 1.29 is 32.6 Å². The number of halogens is 2. The summed E-state index contributed by atoms with van der Waals surface area (Å²) < 4.78 is 40.3. The Morgan fingerprint density at radius 1 is 1.32 bits per heavy atom. The van der Waals surface area contributed by atoms with Gasteiger partial charge in [0.25, 0.3) is 6.47 Å². The van der Waals surface area contributed by atoms with Crippen LogP contribution in [-0.4, -0.2) is 37.9 Å². The molecule has 0 saturated heterocycles. The maximum atomic E-state index is 12.9. The summed E-state index contributed by atoms with van der Waals surface area (Å²) in [4.78, 5) is 23.3. The molecule has 0 aromatic rings. The molecule has 7 heteroatoms. The summed E-state index contributed by atoms with van der Waals surface area (Å²) in [6.07, 6.45) is -0.0317. The van der Waals surface area contributed by atoms with E-state index in [9.17, 15) is 18.4 Å². The number of hydrogen-bond donors (Lipinski definition) is 0. The molecular weight excluding hydrogens is 334 g/mol. The van der Waals surface area contributed by atoms with Crippen molar-refractivity contribution in [1.29, 1.82) is 0 Å². The second-order valence-electron chi connectivity index (χ2n) is 7.77. The first-order valence-electron chi connectivity index (χ1n) is 8.69. The first kappa shape index (κ1) is 18.3. The van der Waals surface area contributed by atoms with Crippen molar-refractivity contribution >= 4 is 12.4 Å². The van der Waals surface area contributed by atoms with E-state index in [-0.39, 0.29) is 19.0 Å². The maximum absolute atomic E-state index is 12.9. The zero-order chi connectivity index (χ0) is 18.2. The molecule has 0 heterocycles. The largest absolute Gasteiger partial charge is 0.464 e. The Morgan fingerprint density at radius 3 is 2.52 bits per heavy atom. The highest BCUT2D eigenvalue weighted by atomic mass is 19.3. The van der Waals surface area contributed by atoms with Gasteiger partial charge in [-0.05, 0) is 49.9 Å². The zero-order valence-corrected chi connectivity index (χ0v) is 14.3. The van der Waals surface area contributed by atoms with Gasteiger partial charge in [-0.3, -0.25) is 9.59 Å². The molecule has 5 nitrogen and oxygen atoms in total. The van der Waals surface area contributed by atoms with Gasteiger partial charge in [0.2, 0.25) is 0 Å². The van der Waals surface area contributed by atoms with Gasteiger partial charge in [-0.15, -0.1) is 0 Å². The van der Waals surface area contributed by atoms with Gasteiger partial charge in [0.05, 0.1) is 12.0 Å². The van der Waals surface area contributed by atoms with E-state index in [2.05, 4.69) is 16.1 Å². The topological polar surface area (TPSA) is 61.8 Å². The third-order valence-electron chi connectivity index (χ3n) is 5.82. The Hall–Kier alpha value is -1.50. The Balaban J connectivity index is 1.66. The highest BCUT2D eigenvalue weighted by Gasteiger charge is 2.57. The summed E-state index contributed by atoms with van der Waals surface area (Å²) in [5.74, 6) is 0.803. The van der Waals surface area contributed by atoms with Gasteiger partial charge in [0, 0.05) is 6.92 Å². The fourth-order valence-corrected chi connectivity index (χ4v) is 4.91. The molecule has 0 aromatic carbocycles. The number of rotatable bonds is 8.